The Labute approximate surface area is 291 Å². The summed E-state index contributed by atoms with van der Waals surface area (Å²) in [5, 5.41) is 34.6. The van der Waals surface area contributed by atoms with E-state index >= 15 is 0 Å². The van der Waals surface area contributed by atoms with Gasteiger partial charge in [0.2, 0.25) is 6.29 Å². The summed E-state index contributed by atoms with van der Waals surface area (Å²) < 4.78 is 27.9. The van der Waals surface area contributed by atoms with E-state index in [2.05, 4.69) is 5.32 Å². The van der Waals surface area contributed by atoms with E-state index in [1.165, 1.54) is 37.4 Å². The van der Waals surface area contributed by atoms with Crippen LogP contribution in [0.2, 0.25) is 0 Å². The van der Waals surface area contributed by atoms with E-state index in [-0.39, 0.29) is 74.2 Å². The molecule has 1 aliphatic rings. The van der Waals surface area contributed by atoms with Crippen LogP contribution in [-0.4, -0.2) is 102 Å². The molecule has 45 heavy (non-hydrogen) atoms. The van der Waals surface area contributed by atoms with Gasteiger partial charge in [0.1, 0.15) is 23.2 Å². The third-order valence-corrected chi connectivity index (χ3v) is 7.33. The van der Waals surface area contributed by atoms with Gasteiger partial charge in [-0.3, -0.25) is 4.79 Å². The van der Waals surface area contributed by atoms with Crippen molar-refractivity contribution in [3.63, 3.8) is 0 Å². The number of methoxy groups -OCH3 is 1. The van der Waals surface area contributed by atoms with Crippen molar-refractivity contribution in [1.29, 1.82) is 0 Å². The zero-order chi connectivity index (χ0) is 32.5. The van der Waals surface area contributed by atoms with E-state index in [9.17, 15) is 29.7 Å². The quantitative estimate of drug-likeness (QED) is 0.135. The molecule has 0 spiro atoms. The number of ether oxygens (including phenoxy) is 4. The van der Waals surface area contributed by atoms with Gasteiger partial charge in [-0.2, -0.15) is 0 Å². The number of phenols is 1. The monoisotopic (exact) mass is 654 g/mol. The number of nitrogens with two attached hydrogens (primary N) is 1. The molecular formula is C31H38CaN2O11. The molecule has 2 aromatic carbocycles. The average molecular weight is 655 g/mol. The zero-order valence-electron chi connectivity index (χ0n) is 27.9. The standard InChI is InChI=1S/C31H36N2O11.Ca.2H/c1-14(2)7-8-16-13-17(9-11-19(16)34)27(37)33-21-22(35)18-10-12-20(15(3)24(18)42-28(21)38)41-29-23(36)25(43-30(32)39)26(40-6)31(4,5)44-29;;;/h7,9-13,23,25-26,29,34-36H,8H2,1-6H3,(H2,32,39)(H,33,37);;;/q;+2;2*-1/t23-,25+,26-,29-;;;/m1.../s1. The Kier molecular flexibility index (Phi) is 11.6. The molecular weight excluding hydrogens is 616 g/mol. The molecule has 1 aliphatic heterocycles. The molecule has 4 rings (SSSR count). The van der Waals surface area contributed by atoms with Crippen molar-refractivity contribution in [1.82, 2.24) is 0 Å². The van der Waals surface area contributed by atoms with E-state index < -0.39 is 59.3 Å². The van der Waals surface area contributed by atoms with E-state index in [0.29, 0.717) is 12.0 Å². The summed E-state index contributed by atoms with van der Waals surface area (Å²) in [6.07, 6.45) is -3.81. The number of carbonyl (C=O) groups is 2. The second-order valence-electron chi connectivity index (χ2n) is 11.2. The summed E-state index contributed by atoms with van der Waals surface area (Å²) in [6.45, 7) is 8.69. The second kappa shape index (κ2) is 14.4. The molecule has 14 heteroatoms. The summed E-state index contributed by atoms with van der Waals surface area (Å²) >= 11 is 0. The molecule has 0 bridgehead atoms. The van der Waals surface area contributed by atoms with Crippen LogP contribution in [0.4, 0.5) is 10.5 Å². The number of rotatable bonds is 8. The minimum atomic E-state index is -1.52. The number of anilines is 1. The first-order valence-electron chi connectivity index (χ1n) is 13.7. The predicted molar refractivity (Wildman–Crippen MR) is 167 cm³/mol. The van der Waals surface area contributed by atoms with Crippen molar-refractivity contribution in [2.45, 2.75) is 71.2 Å². The van der Waals surface area contributed by atoms with Gasteiger partial charge in [-0.1, -0.05) is 11.6 Å². The summed E-state index contributed by atoms with van der Waals surface area (Å²) in [7, 11) is 1.37. The Hall–Kier alpha value is -3.33. The molecule has 4 atom stereocenters. The number of fused-ring (bicyclic) bond motifs is 1. The smallest absolute Gasteiger partial charge is 1.00 e. The fraction of sp³-hybridized carbons (Fsp3) is 0.387. The largest absolute Gasteiger partial charge is 2.00 e. The Morgan fingerprint density at radius 3 is 2.49 bits per heavy atom. The topological polar surface area (TPSA) is 200 Å². The van der Waals surface area contributed by atoms with Crippen LogP contribution in [0.1, 0.15) is 52.0 Å². The van der Waals surface area contributed by atoms with Crippen molar-refractivity contribution in [2.24, 2.45) is 5.73 Å². The van der Waals surface area contributed by atoms with Crippen LogP contribution in [0.5, 0.6) is 17.2 Å². The van der Waals surface area contributed by atoms with Crippen molar-refractivity contribution >= 4 is 66.4 Å². The molecule has 2 amide bonds. The molecule has 2 heterocycles. The van der Waals surface area contributed by atoms with Gasteiger partial charge in [0.15, 0.2) is 23.6 Å². The first-order chi connectivity index (χ1) is 20.6. The maximum Gasteiger partial charge on any atom is 2.00 e. The number of aliphatic hydroxyl groups is 1. The third-order valence-electron chi connectivity index (χ3n) is 7.33. The Morgan fingerprint density at radius 2 is 1.87 bits per heavy atom. The van der Waals surface area contributed by atoms with Gasteiger partial charge in [0.25, 0.3) is 5.91 Å². The van der Waals surface area contributed by atoms with Gasteiger partial charge in [0, 0.05) is 18.2 Å². The van der Waals surface area contributed by atoms with E-state index in [4.69, 9.17) is 29.1 Å². The van der Waals surface area contributed by atoms with Crippen molar-refractivity contribution in [3.05, 3.63) is 69.1 Å². The molecule has 13 nitrogen and oxygen atoms in total. The number of aliphatic hydroxyl groups excluding tert-OH is 1. The van der Waals surface area contributed by atoms with Crippen LogP contribution in [0, 0.1) is 6.92 Å². The SMILES string of the molecule is CO[C@@H]1[C@@H](OC(N)=O)[C@@H](O)[C@H](Oc2ccc3c(O)c(NC(=O)c4ccc(O)c(CC=C(C)C)c4)c(=O)oc3c2C)OC1(C)C.[Ca+2].[H-].[H-]. The number of allylic oxidation sites excluding steroid dienone is 2. The molecule has 0 saturated carbocycles. The predicted octanol–water partition coefficient (Wildman–Crippen LogP) is 3.47. The molecule has 240 valence electrons. The number of aryl methyl sites for hydroxylation is 1. The fourth-order valence-corrected chi connectivity index (χ4v) is 5.06. The fourth-order valence-electron chi connectivity index (χ4n) is 5.06. The maximum atomic E-state index is 13.0. The number of hydrogen-bond donors (Lipinski definition) is 5. The number of phenolic OH excluding ortho intramolecular Hbond substituents is 1. The summed E-state index contributed by atoms with van der Waals surface area (Å²) in [6, 6.07) is 7.12. The number of nitrogens with one attached hydrogen (secondary N) is 1. The van der Waals surface area contributed by atoms with E-state index in [0.717, 1.165) is 5.57 Å². The number of hydrogen-bond acceptors (Lipinski definition) is 11. The number of aromatic hydroxyl groups is 2. The minimum Gasteiger partial charge on any atom is -1.00 e. The molecule has 0 aliphatic carbocycles. The number of amides is 2. The van der Waals surface area contributed by atoms with Crippen LogP contribution >= 0.6 is 0 Å². The molecule has 3 aromatic rings. The third kappa shape index (κ3) is 7.74. The Bertz CT molecular complexity index is 1690. The first-order valence-corrected chi connectivity index (χ1v) is 13.7. The number of benzene rings is 2. The van der Waals surface area contributed by atoms with Gasteiger partial charge < -0.3 is 52.6 Å². The van der Waals surface area contributed by atoms with Gasteiger partial charge >= 0.3 is 49.5 Å². The van der Waals surface area contributed by atoms with Gasteiger partial charge in [-0.05, 0) is 76.9 Å². The van der Waals surface area contributed by atoms with Gasteiger partial charge in [-0.25, -0.2) is 9.59 Å². The zero-order valence-corrected chi connectivity index (χ0v) is 28.1. The Balaban J connectivity index is 0.00000368. The first kappa shape index (κ1) is 36.1. The summed E-state index contributed by atoms with van der Waals surface area (Å²) in [5.41, 5.74) is 4.54. The van der Waals surface area contributed by atoms with Gasteiger partial charge in [-0.15, -0.1) is 0 Å². The van der Waals surface area contributed by atoms with Crippen molar-refractivity contribution < 1.29 is 51.1 Å². The molecule has 1 saturated heterocycles. The molecule has 0 unspecified atom stereocenters. The summed E-state index contributed by atoms with van der Waals surface area (Å²) in [4.78, 5) is 37.5. The van der Waals surface area contributed by atoms with Gasteiger partial charge in [0.05, 0.1) is 11.0 Å². The molecule has 0 radical (unpaired) electrons. The van der Waals surface area contributed by atoms with Crippen molar-refractivity contribution in [2.75, 3.05) is 12.4 Å². The average Bonchev–Trinajstić information content (AvgIpc) is 2.94. The van der Waals surface area contributed by atoms with E-state index in [1.807, 2.05) is 19.9 Å². The molecule has 6 N–H and O–H groups in total. The van der Waals surface area contributed by atoms with Crippen LogP contribution in [0.25, 0.3) is 11.0 Å². The number of carbonyl (C=O) groups excluding carboxylic acids is 2. The minimum absolute atomic E-state index is 0. The summed E-state index contributed by atoms with van der Waals surface area (Å²) in [5.74, 6) is -1.09. The second-order valence-corrected chi connectivity index (χ2v) is 11.2. The Morgan fingerprint density at radius 1 is 1.18 bits per heavy atom. The normalized spacial score (nSPS) is 20.5. The van der Waals surface area contributed by atoms with Crippen molar-refractivity contribution in [3.8, 4) is 17.2 Å². The molecule has 1 fully saturated rings. The molecule has 1 aromatic heterocycles. The van der Waals surface area contributed by atoms with Crippen LogP contribution < -0.4 is 21.4 Å². The maximum absolute atomic E-state index is 13.0. The van der Waals surface area contributed by atoms with E-state index in [1.54, 1.807) is 20.8 Å². The van der Waals surface area contributed by atoms with Crippen LogP contribution in [0.3, 0.4) is 0 Å². The van der Waals surface area contributed by atoms with Crippen LogP contribution in [-0.2, 0) is 20.6 Å². The van der Waals surface area contributed by atoms with Crippen LogP contribution in [0.15, 0.2) is 51.2 Å². The number of primary amides is 1.